The minimum atomic E-state index is -0.889. The number of carbonyl (C=O) groups is 1. The molecule has 0 saturated carbocycles. The maximum absolute atomic E-state index is 13.5. The first-order valence-electron chi connectivity index (χ1n) is 5.74. The van der Waals surface area contributed by atoms with E-state index in [0.717, 1.165) is 0 Å². The number of amides is 1. The predicted molar refractivity (Wildman–Crippen MR) is 64.3 cm³/mol. The molecule has 0 fully saturated rings. The molecule has 0 bridgehead atoms. The van der Waals surface area contributed by atoms with Crippen LogP contribution in [-0.4, -0.2) is 23.7 Å². The van der Waals surface area contributed by atoms with Gasteiger partial charge in [-0.3, -0.25) is 4.79 Å². The lowest BCUT2D eigenvalue weighted by molar-refractivity contribution is 0.0912. The lowest BCUT2D eigenvalue weighted by Crippen LogP contribution is -2.38. The molecule has 1 rings (SSSR count). The molecule has 0 saturated heterocycles. The fourth-order valence-corrected chi connectivity index (χ4v) is 1.42. The van der Waals surface area contributed by atoms with Gasteiger partial charge in [-0.2, -0.15) is 0 Å². The van der Waals surface area contributed by atoms with Crippen molar-refractivity contribution in [2.45, 2.75) is 26.8 Å². The Morgan fingerprint density at radius 2 is 1.94 bits per heavy atom. The van der Waals surface area contributed by atoms with Gasteiger partial charge < -0.3 is 10.4 Å². The van der Waals surface area contributed by atoms with Crippen LogP contribution in [0.5, 0.6) is 0 Å². The predicted octanol–water partition coefficient (Wildman–Crippen LogP) is 2.02. The second kappa shape index (κ2) is 5.91. The number of nitrogens with one attached hydrogen (secondary N) is 1. The summed E-state index contributed by atoms with van der Waals surface area (Å²) in [5.74, 6) is -2.32. The second-order valence-corrected chi connectivity index (χ2v) is 4.50. The summed E-state index contributed by atoms with van der Waals surface area (Å²) >= 11 is 0. The molecule has 0 heterocycles. The van der Waals surface area contributed by atoms with E-state index in [0.29, 0.717) is 6.07 Å². The Labute approximate surface area is 105 Å². The van der Waals surface area contributed by atoms with Gasteiger partial charge in [0.05, 0.1) is 5.56 Å². The lowest BCUT2D eigenvalue weighted by Gasteiger charge is -2.19. The van der Waals surface area contributed by atoms with E-state index in [-0.39, 0.29) is 29.7 Å². The summed E-state index contributed by atoms with van der Waals surface area (Å²) < 4.78 is 26.5. The number of aliphatic hydroxyl groups is 1. The van der Waals surface area contributed by atoms with E-state index in [9.17, 15) is 13.6 Å². The molecule has 2 unspecified atom stereocenters. The smallest absolute Gasteiger partial charge is 0.254 e. The van der Waals surface area contributed by atoms with Crippen LogP contribution in [0.4, 0.5) is 8.78 Å². The normalized spacial score (nSPS) is 14.1. The van der Waals surface area contributed by atoms with Gasteiger partial charge in [-0.15, -0.1) is 0 Å². The number of hydrogen-bond acceptors (Lipinski definition) is 2. The molecule has 0 aliphatic heterocycles. The van der Waals surface area contributed by atoms with E-state index in [2.05, 4.69) is 5.32 Å². The number of aliphatic hydroxyl groups excluding tert-OH is 1. The van der Waals surface area contributed by atoms with E-state index in [1.807, 2.05) is 0 Å². The highest BCUT2D eigenvalue weighted by Crippen LogP contribution is 2.14. The maximum atomic E-state index is 13.5. The minimum absolute atomic E-state index is 0.0770. The van der Waals surface area contributed by atoms with Crippen LogP contribution in [0.2, 0.25) is 0 Å². The van der Waals surface area contributed by atoms with E-state index in [1.165, 1.54) is 13.0 Å². The topological polar surface area (TPSA) is 49.3 Å². The molecule has 0 aromatic heterocycles. The van der Waals surface area contributed by atoms with Gasteiger partial charge in [0.25, 0.3) is 5.91 Å². The molecule has 5 heteroatoms. The molecule has 18 heavy (non-hydrogen) atoms. The van der Waals surface area contributed by atoms with Crippen LogP contribution in [0, 0.1) is 24.5 Å². The maximum Gasteiger partial charge on any atom is 0.254 e. The highest BCUT2D eigenvalue weighted by molar-refractivity contribution is 5.94. The second-order valence-electron chi connectivity index (χ2n) is 4.50. The lowest BCUT2D eigenvalue weighted by atomic mass is 10.0. The molecule has 0 aliphatic carbocycles. The molecule has 0 radical (unpaired) electrons. The standard InChI is InChI=1S/C13H17F2NO2/c1-7-4-10(12(15)5-11(7)14)13(18)16-9(3)8(2)6-17/h4-5,8-9,17H,6H2,1-3H3,(H,16,18). The summed E-state index contributed by atoms with van der Waals surface area (Å²) in [6, 6.07) is 1.58. The van der Waals surface area contributed by atoms with Gasteiger partial charge in [0, 0.05) is 18.7 Å². The van der Waals surface area contributed by atoms with E-state index >= 15 is 0 Å². The van der Waals surface area contributed by atoms with Gasteiger partial charge in [-0.25, -0.2) is 8.78 Å². The summed E-state index contributed by atoms with van der Waals surface area (Å²) in [6.07, 6.45) is 0. The quantitative estimate of drug-likeness (QED) is 0.867. The average molecular weight is 257 g/mol. The van der Waals surface area contributed by atoms with Crippen LogP contribution >= 0.6 is 0 Å². The third kappa shape index (κ3) is 3.26. The first-order chi connectivity index (χ1) is 8.36. The van der Waals surface area contributed by atoms with Crippen molar-refractivity contribution < 1.29 is 18.7 Å². The van der Waals surface area contributed by atoms with Crippen LogP contribution in [-0.2, 0) is 0 Å². The van der Waals surface area contributed by atoms with Crippen LogP contribution < -0.4 is 5.32 Å². The van der Waals surface area contributed by atoms with Crippen molar-refractivity contribution in [3.8, 4) is 0 Å². The molecular formula is C13H17F2NO2. The molecule has 2 atom stereocenters. The highest BCUT2D eigenvalue weighted by Gasteiger charge is 2.18. The van der Waals surface area contributed by atoms with E-state index in [4.69, 9.17) is 5.11 Å². The zero-order valence-electron chi connectivity index (χ0n) is 10.6. The Kier molecular flexibility index (Phi) is 4.78. The van der Waals surface area contributed by atoms with Crippen molar-refractivity contribution in [3.63, 3.8) is 0 Å². The van der Waals surface area contributed by atoms with Crippen molar-refractivity contribution in [2.24, 2.45) is 5.92 Å². The summed E-state index contributed by atoms with van der Waals surface area (Å²) in [4.78, 5) is 11.8. The molecular weight excluding hydrogens is 240 g/mol. The first kappa shape index (κ1) is 14.6. The third-order valence-electron chi connectivity index (χ3n) is 2.99. The summed E-state index contributed by atoms with van der Waals surface area (Å²) in [6.45, 7) is 4.86. The van der Waals surface area contributed by atoms with Crippen molar-refractivity contribution in [2.75, 3.05) is 6.61 Å². The Balaban J connectivity index is 2.88. The molecule has 1 amide bonds. The SMILES string of the molecule is Cc1cc(C(=O)NC(C)C(C)CO)c(F)cc1F. The van der Waals surface area contributed by atoms with E-state index < -0.39 is 17.5 Å². The fourth-order valence-electron chi connectivity index (χ4n) is 1.42. The first-order valence-corrected chi connectivity index (χ1v) is 5.74. The van der Waals surface area contributed by atoms with Crippen molar-refractivity contribution in [3.05, 3.63) is 34.9 Å². The Bertz CT molecular complexity index is 449. The molecule has 1 aromatic rings. The van der Waals surface area contributed by atoms with Crippen LogP contribution in [0.3, 0.4) is 0 Å². The fraction of sp³-hybridized carbons (Fsp3) is 0.462. The Morgan fingerprint density at radius 1 is 1.33 bits per heavy atom. The minimum Gasteiger partial charge on any atom is -0.396 e. The number of halogens is 2. The number of rotatable bonds is 4. The van der Waals surface area contributed by atoms with Crippen LogP contribution in [0.1, 0.15) is 29.8 Å². The van der Waals surface area contributed by atoms with Gasteiger partial charge >= 0.3 is 0 Å². The molecule has 2 N–H and O–H groups in total. The summed E-state index contributed by atoms with van der Waals surface area (Å²) in [5.41, 5.74) is 0.0234. The Hall–Kier alpha value is -1.49. The van der Waals surface area contributed by atoms with Crippen LogP contribution in [0.15, 0.2) is 12.1 Å². The van der Waals surface area contributed by atoms with E-state index in [1.54, 1.807) is 13.8 Å². The number of benzene rings is 1. The average Bonchev–Trinajstić information content (AvgIpc) is 2.32. The summed E-state index contributed by atoms with van der Waals surface area (Å²) in [5, 5.41) is 11.5. The van der Waals surface area contributed by atoms with Gasteiger partial charge in [0.15, 0.2) is 0 Å². The van der Waals surface area contributed by atoms with Crippen LogP contribution in [0.25, 0.3) is 0 Å². The van der Waals surface area contributed by atoms with Crippen molar-refractivity contribution >= 4 is 5.91 Å². The van der Waals surface area contributed by atoms with Gasteiger partial charge in [0.2, 0.25) is 0 Å². The number of hydrogen-bond donors (Lipinski definition) is 2. The Morgan fingerprint density at radius 3 is 2.50 bits per heavy atom. The largest absolute Gasteiger partial charge is 0.396 e. The summed E-state index contributed by atoms with van der Waals surface area (Å²) in [7, 11) is 0. The van der Waals surface area contributed by atoms with Gasteiger partial charge in [-0.05, 0) is 31.4 Å². The third-order valence-corrected chi connectivity index (χ3v) is 2.99. The monoisotopic (exact) mass is 257 g/mol. The number of aryl methyl sites for hydroxylation is 1. The molecule has 1 aromatic carbocycles. The number of carbonyl (C=O) groups excluding carboxylic acids is 1. The zero-order chi connectivity index (χ0) is 13.9. The molecule has 0 aliphatic rings. The zero-order valence-corrected chi connectivity index (χ0v) is 10.6. The molecule has 3 nitrogen and oxygen atoms in total. The van der Waals surface area contributed by atoms with Gasteiger partial charge in [0.1, 0.15) is 11.6 Å². The van der Waals surface area contributed by atoms with Gasteiger partial charge in [-0.1, -0.05) is 6.92 Å². The molecule has 0 spiro atoms. The van der Waals surface area contributed by atoms with Crippen molar-refractivity contribution in [1.82, 2.24) is 5.32 Å². The highest BCUT2D eigenvalue weighted by atomic mass is 19.1. The molecule has 100 valence electrons. The van der Waals surface area contributed by atoms with Crippen molar-refractivity contribution in [1.29, 1.82) is 0 Å².